The molecule has 0 spiro atoms. The maximum Gasteiger partial charge on any atom is 0.223 e. The third-order valence-corrected chi connectivity index (χ3v) is 4.90. The summed E-state index contributed by atoms with van der Waals surface area (Å²) in [6.45, 7) is 1.50. The molecular formula is C20H19Cl2NO3. The number of hydrogen-bond acceptors (Lipinski definition) is 3. The Morgan fingerprint density at radius 2 is 1.58 bits per heavy atom. The zero-order chi connectivity index (χ0) is 18.5. The standard InChI is InChI=1S/C20H19Cl2NO3/c21-16-5-1-14(2-6-16)18(24)9-10-20(25)23-11-12-26-19(13-23)15-3-7-17(22)8-4-15/h1-8,19H,9-13H2. The Kier molecular flexibility index (Phi) is 6.30. The summed E-state index contributed by atoms with van der Waals surface area (Å²) in [5.74, 6) is -0.0906. The van der Waals surface area contributed by atoms with Gasteiger partial charge in [0.2, 0.25) is 5.91 Å². The highest BCUT2D eigenvalue weighted by Gasteiger charge is 2.25. The van der Waals surface area contributed by atoms with Gasteiger partial charge in [-0.15, -0.1) is 0 Å². The van der Waals surface area contributed by atoms with E-state index >= 15 is 0 Å². The maximum atomic E-state index is 12.5. The molecular weight excluding hydrogens is 373 g/mol. The second-order valence-corrected chi connectivity index (χ2v) is 7.05. The Morgan fingerprint density at radius 1 is 0.962 bits per heavy atom. The van der Waals surface area contributed by atoms with Gasteiger partial charge in [0, 0.05) is 35.0 Å². The second-order valence-electron chi connectivity index (χ2n) is 6.18. The highest BCUT2D eigenvalue weighted by Crippen LogP contribution is 2.24. The number of ether oxygens (including phenoxy) is 1. The summed E-state index contributed by atoms with van der Waals surface area (Å²) in [7, 11) is 0. The third-order valence-electron chi connectivity index (χ3n) is 4.39. The molecule has 1 unspecified atom stereocenters. The average molecular weight is 392 g/mol. The summed E-state index contributed by atoms with van der Waals surface area (Å²) >= 11 is 11.7. The minimum absolute atomic E-state index is 0.0328. The van der Waals surface area contributed by atoms with Crippen molar-refractivity contribution in [2.45, 2.75) is 18.9 Å². The van der Waals surface area contributed by atoms with Crippen molar-refractivity contribution in [2.75, 3.05) is 19.7 Å². The molecule has 0 aliphatic carbocycles. The molecule has 1 aliphatic rings. The number of hydrogen-bond donors (Lipinski definition) is 0. The van der Waals surface area contributed by atoms with Gasteiger partial charge in [-0.05, 0) is 42.0 Å². The van der Waals surface area contributed by atoms with Crippen molar-refractivity contribution in [3.8, 4) is 0 Å². The first kappa shape index (κ1) is 18.9. The number of morpholine rings is 1. The molecule has 2 aromatic rings. The van der Waals surface area contributed by atoms with E-state index in [1.165, 1.54) is 0 Å². The van der Waals surface area contributed by atoms with Crippen molar-refractivity contribution in [2.24, 2.45) is 0 Å². The Hall–Kier alpha value is -1.88. The van der Waals surface area contributed by atoms with Crippen LogP contribution in [0.2, 0.25) is 10.0 Å². The zero-order valence-electron chi connectivity index (χ0n) is 14.2. The highest BCUT2D eigenvalue weighted by molar-refractivity contribution is 6.30. The van der Waals surface area contributed by atoms with E-state index in [-0.39, 0.29) is 30.6 Å². The summed E-state index contributed by atoms with van der Waals surface area (Å²) in [5, 5.41) is 1.25. The van der Waals surface area contributed by atoms with Gasteiger partial charge < -0.3 is 9.64 Å². The normalized spacial score (nSPS) is 17.2. The summed E-state index contributed by atoms with van der Waals surface area (Å²) in [6, 6.07) is 14.2. The van der Waals surface area contributed by atoms with Crippen LogP contribution in [0.5, 0.6) is 0 Å². The fraction of sp³-hybridized carbons (Fsp3) is 0.300. The van der Waals surface area contributed by atoms with Crippen molar-refractivity contribution in [3.05, 3.63) is 69.7 Å². The molecule has 1 saturated heterocycles. The van der Waals surface area contributed by atoms with Gasteiger partial charge in [-0.1, -0.05) is 35.3 Å². The SMILES string of the molecule is O=C(CCC(=O)N1CCOC(c2ccc(Cl)cc2)C1)c1ccc(Cl)cc1. The Morgan fingerprint density at radius 3 is 2.23 bits per heavy atom. The Bertz CT molecular complexity index is 775. The molecule has 6 heteroatoms. The number of halogens is 2. The van der Waals surface area contributed by atoms with Crippen molar-refractivity contribution >= 4 is 34.9 Å². The van der Waals surface area contributed by atoms with E-state index in [9.17, 15) is 9.59 Å². The van der Waals surface area contributed by atoms with E-state index in [1.807, 2.05) is 24.3 Å². The number of carbonyl (C=O) groups is 2. The molecule has 1 aliphatic heterocycles. The van der Waals surface area contributed by atoms with E-state index < -0.39 is 0 Å². The summed E-state index contributed by atoms with van der Waals surface area (Å²) in [6.07, 6.45) is 0.204. The predicted molar refractivity (Wildman–Crippen MR) is 102 cm³/mol. The fourth-order valence-corrected chi connectivity index (χ4v) is 3.17. The molecule has 1 amide bonds. The van der Waals surface area contributed by atoms with Crippen LogP contribution in [0.25, 0.3) is 0 Å². The van der Waals surface area contributed by atoms with E-state index in [4.69, 9.17) is 27.9 Å². The van der Waals surface area contributed by atoms with Crippen LogP contribution in [0.15, 0.2) is 48.5 Å². The molecule has 0 radical (unpaired) electrons. The number of rotatable bonds is 5. The zero-order valence-corrected chi connectivity index (χ0v) is 15.7. The minimum Gasteiger partial charge on any atom is -0.370 e. The summed E-state index contributed by atoms with van der Waals surface area (Å²) < 4.78 is 5.77. The summed E-state index contributed by atoms with van der Waals surface area (Å²) in [5.41, 5.74) is 1.56. The maximum absolute atomic E-state index is 12.5. The lowest BCUT2D eigenvalue weighted by Gasteiger charge is -2.33. The molecule has 136 valence electrons. The molecule has 1 atom stereocenters. The van der Waals surface area contributed by atoms with Gasteiger partial charge in [0.05, 0.1) is 13.2 Å². The lowest BCUT2D eigenvalue weighted by Crippen LogP contribution is -2.42. The number of amides is 1. The van der Waals surface area contributed by atoms with E-state index in [0.717, 1.165) is 5.56 Å². The predicted octanol–water partition coefficient (Wildman–Crippen LogP) is 4.56. The van der Waals surface area contributed by atoms with Crippen molar-refractivity contribution < 1.29 is 14.3 Å². The quantitative estimate of drug-likeness (QED) is 0.701. The molecule has 0 bridgehead atoms. The Balaban J connectivity index is 1.54. The molecule has 3 rings (SSSR count). The van der Waals surface area contributed by atoms with Crippen molar-refractivity contribution in [1.29, 1.82) is 0 Å². The molecule has 4 nitrogen and oxygen atoms in total. The van der Waals surface area contributed by atoms with Crippen molar-refractivity contribution in [3.63, 3.8) is 0 Å². The largest absolute Gasteiger partial charge is 0.370 e. The number of ketones is 1. The Labute approximate surface area is 162 Å². The topological polar surface area (TPSA) is 46.6 Å². The first-order chi connectivity index (χ1) is 12.5. The van der Waals surface area contributed by atoms with E-state index in [2.05, 4.69) is 0 Å². The number of Topliss-reactive ketones (excluding diaryl/α,β-unsaturated/α-hetero) is 1. The fourth-order valence-electron chi connectivity index (χ4n) is 2.91. The van der Waals surface area contributed by atoms with Gasteiger partial charge in [-0.25, -0.2) is 0 Å². The van der Waals surface area contributed by atoms with Crippen molar-refractivity contribution in [1.82, 2.24) is 4.90 Å². The van der Waals surface area contributed by atoms with Gasteiger partial charge in [0.15, 0.2) is 5.78 Å². The average Bonchev–Trinajstić information content (AvgIpc) is 2.67. The van der Waals surface area contributed by atoms with E-state index in [1.54, 1.807) is 29.2 Å². The molecule has 26 heavy (non-hydrogen) atoms. The molecule has 1 fully saturated rings. The van der Waals surface area contributed by atoms with Crippen LogP contribution in [-0.2, 0) is 9.53 Å². The van der Waals surface area contributed by atoms with Crippen LogP contribution in [0.1, 0.15) is 34.9 Å². The smallest absolute Gasteiger partial charge is 0.223 e. The van der Waals surface area contributed by atoms with Gasteiger partial charge in [0.25, 0.3) is 0 Å². The van der Waals surface area contributed by atoms with Crippen LogP contribution >= 0.6 is 23.2 Å². The van der Waals surface area contributed by atoms with E-state index in [0.29, 0.717) is 35.3 Å². The van der Waals surface area contributed by atoms with Crippen LogP contribution in [0, 0.1) is 0 Å². The number of benzene rings is 2. The first-order valence-corrected chi connectivity index (χ1v) is 9.22. The summed E-state index contributed by atoms with van der Waals surface area (Å²) in [4.78, 5) is 26.5. The molecule has 1 heterocycles. The lowest BCUT2D eigenvalue weighted by molar-refractivity contribution is -0.139. The van der Waals surface area contributed by atoms with Crippen LogP contribution in [0.4, 0.5) is 0 Å². The number of nitrogens with zero attached hydrogens (tertiary/aromatic N) is 1. The van der Waals surface area contributed by atoms with Gasteiger partial charge >= 0.3 is 0 Å². The van der Waals surface area contributed by atoms with Gasteiger partial charge in [-0.3, -0.25) is 9.59 Å². The lowest BCUT2D eigenvalue weighted by atomic mass is 10.1. The monoisotopic (exact) mass is 391 g/mol. The van der Waals surface area contributed by atoms with Crippen LogP contribution in [-0.4, -0.2) is 36.3 Å². The van der Waals surface area contributed by atoms with Crippen LogP contribution < -0.4 is 0 Å². The molecule has 0 N–H and O–H groups in total. The molecule has 0 saturated carbocycles. The van der Waals surface area contributed by atoms with Gasteiger partial charge in [0.1, 0.15) is 6.10 Å². The second kappa shape index (κ2) is 8.67. The molecule has 2 aromatic carbocycles. The van der Waals surface area contributed by atoms with Crippen LogP contribution in [0.3, 0.4) is 0 Å². The number of carbonyl (C=O) groups excluding carboxylic acids is 2. The molecule has 0 aromatic heterocycles. The van der Waals surface area contributed by atoms with Gasteiger partial charge in [-0.2, -0.15) is 0 Å². The highest BCUT2D eigenvalue weighted by atomic mass is 35.5. The third kappa shape index (κ3) is 4.85. The first-order valence-electron chi connectivity index (χ1n) is 8.46. The minimum atomic E-state index is -0.170.